The van der Waals surface area contributed by atoms with Crippen LogP contribution in [0.25, 0.3) is 16.6 Å². The van der Waals surface area contributed by atoms with Gasteiger partial charge in [0.05, 0.1) is 42.2 Å². The number of hydrogen-bond acceptors (Lipinski definition) is 7. The largest absolute Gasteiger partial charge is 0.394 e. The Morgan fingerprint density at radius 1 is 1.22 bits per heavy atom. The van der Waals surface area contributed by atoms with Crippen LogP contribution in [-0.2, 0) is 6.54 Å². The van der Waals surface area contributed by atoms with Crippen LogP contribution in [0.15, 0.2) is 58.1 Å². The zero-order valence-electron chi connectivity index (χ0n) is 21.0. The number of aliphatic hydroxyl groups is 1. The van der Waals surface area contributed by atoms with Crippen LogP contribution < -0.4 is 11.2 Å². The summed E-state index contributed by atoms with van der Waals surface area (Å²) in [6, 6.07) is 9.66. The van der Waals surface area contributed by atoms with Gasteiger partial charge in [0.15, 0.2) is 5.84 Å². The van der Waals surface area contributed by atoms with Crippen molar-refractivity contribution in [3.63, 3.8) is 0 Å². The predicted molar refractivity (Wildman–Crippen MR) is 141 cm³/mol. The van der Waals surface area contributed by atoms with Gasteiger partial charge in [0.2, 0.25) is 0 Å². The number of hydrogen-bond donors (Lipinski definition) is 3. The fourth-order valence-corrected chi connectivity index (χ4v) is 4.31. The van der Waals surface area contributed by atoms with E-state index in [0.29, 0.717) is 34.7 Å². The van der Waals surface area contributed by atoms with Crippen molar-refractivity contribution in [2.45, 2.75) is 46.2 Å². The van der Waals surface area contributed by atoms with Crippen LogP contribution in [0.3, 0.4) is 0 Å². The summed E-state index contributed by atoms with van der Waals surface area (Å²) < 4.78 is 3.46. The second kappa shape index (κ2) is 9.94. The monoisotopic (exact) mass is 499 g/mol. The number of nitrogens with one attached hydrogen (secondary N) is 1. The minimum atomic E-state index is -0.289. The smallest absolute Gasteiger partial charge is 0.259 e. The molecule has 11 heteroatoms. The lowest BCUT2D eigenvalue weighted by atomic mass is 10.0. The quantitative estimate of drug-likeness (QED) is 0.117. The molecule has 5 rings (SSSR count). The Morgan fingerprint density at radius 2 is 2.03 bits per heavy atom. The number of aryl methyl sites for hydroxylation is 2. The minimum absolute atomic E-state index is 0.00992. The number of anilines is 1. The highest BCUT2D eigenvalue weighted by Crippen LogP contribution is 2.29. The number of rotatable bonds is 7. The first-order valence-electron chi connectivity index (χ1n) is 12.1. The van der Waals surface area contributed by atoms with E-state index in [-0.39, 0.29) is 18.6 Å². The summed E-state index contributed by atoms with van der Waals surface area (Å²) >= 11 is 0. The molecule has 3 aromatic heterocycles. The lowest BCUT2D eigenvalue weighted by Crippen LogP contribution is -2.13. The number of aliphatic hydroxyl groups excluding tert-OH is 1. The maximum atomic E-state index is 13.4. The van der Waals surface area contributed by atoms with Crippen LogP contribution in [0.1, 0.15) is 45.7 Å². The number of carbonyl (C=O) groups is 1. The van der Waals surface area contributed by atoms with Gasteiger partial charge in [-0.3, -0.25) is 9.48 Å². The van der Waals surface area contributed by atoms with E-state index in [9.17, 15) is 9.90 Å². The maximum Gasteiger partial charge on any atom is 0.259 e. The number of amides is 1. The Hall–Kier alpha value is -4.38. The molecule has 4 N–H and O–H groups in total. The number of hydrazone groups is 1. The van der Waals surface area contributed by atoms with Crippen molar-refractivity contribution in [1.82, 2.24) is 19.4 Å². The highest BCUT2D eigenvalue weighted by molar-refractivity contribution is 6.10. The van der Waals surface area contributed by atoms with Crippen molar-refractivity contribution >= 4 is 22.9 Å². The van der Waals surface area contributed by atoms with Crippen molar-refractivity contribution in [1.29, 1.82) is 0 Å². The van der Waals surface area contributed by atoms with Crippen LogP contribution in [-0.4, -0.2) is 48.9 Å². The molecule has 0 atom stereocenters. The number of carbonyl (C=O) groups excluding carboxylic acids is 1. The minimum Gasteiger partial charge on any atom is -0.394 e. The van der Waals surface area contributed by atoms with Gasteiger partial charge >= 0.3 is 0 Å². The van der Waals surface area contributed by atoms with Gasteiger partial charge in [-0.25, -0.2) is 4.52 Å². The molecule has 190 valence electrons. The first-order chi connectivity index (χ1) is 17.9. The van der Waals surface area contributed by atoms with E-state index in [0.717, 1.165) is 40.9 Å². The molecule has 37 heavy (non-hydrogen) atoms. The number of amidine groups is 1. The molecule has 0 spiro atoms. The molecule has 0 radical (unpaired) electrons. The Bertz CT molecular complexity index is 1540. The Labute approximate surface area is 213 Å². The van der Waals surface area contributed by atoms with Crippen molar-refractivity contribution in [3.05, 3.63) is 70.8 Å². The summed E-state index contributed by atoms with van der Waals surface area (Å²) in [6.07, 6.45) is 5.44. The van der Waals surface area contributed by atoms with Crippen LogP contribution >= 0.6 is 0 Å². The predicted octanol–water partition coefficient (Wildman–Crippen LogP) is 3.60. The summed E-state index contributed by atoms with van der Waals surface area (Å²) in [5.74, 6) is 5.59. The van der Waals surface area contributed by atoms with Gasteiger partial charge in [-0.2, -0.15) is 20.4 Å². The molecule has 1 aliphatic carbocycles. The molecular weight excluding hydrogens is 470 g/mol. The lowest BCUT2D eigenvalue weighted by molar-refractivity contribution is 0.102. The summed E-state index contributed by atoms with van der Waals surface area (Å²) in [5, 5.41) is 33.4. The fraction of sp³-hybridized carbons (Fsp3) is 0.308. The first-order valence-corrected chi connectivity index (χ1v) is 12.1. The number of benzene rings is 1. The van der Waals surface area contributed by atoms with Gasteiger partial charge in [-0.05, 0) is 62.9 Å². The number of pyridine rings is 1. The van der Waals surface area contributed by atoms with Gasteiger partial charge in [-0.1, -0.05) is 12.1 Å². The van der Waals surface area contributed by atoms with E-state index < -0.39 is 0 Å². The third-order valence-electron chi connectivity index (χ3n) is 6.48. The van der Waals surface area contributed by atoms with Crippen molar-refractivity contribution in [3.8, 4) is 11.1 Å². The van der Waals surface area contributed by atoms with Crippen molar-refractivity contribution in [2.75, 3.05) is 11.9 Å². The Morgan fingerprint density at radius 3 is 2.76 bits per heavy atom. The Kier molecular flexibility index (Phi) is 6.53. The molecular formula is C26H29N9O2. The number of azo groups is 1. The normalized spacial score (nSPS) is 14.1. The van der Waals surface area contributed by atoms with Crippen LogP contribution in [0.2, 0.25) is 0 Å². The Balaban J connectivity index is 1.45. The van der Waals surface area contributed by atoms with Crippen molar-refractivity contribution in [2.24, 2.45) is 21.2 Å². The molecule has 0 unspecified atom stereocenters. The third-order valence-corrected chi connectivity index (χ3v) is 6.48. The second-order valence-corrected chi connectivity index (χ2v) is 9.18. The maximum absolute atomic E-state index is 13.4. The van der Waals surface area contributed by atoms with E-state index in [1.807, 2.05) is 51.2 Å². The molecule has 1 amide bonds. The second-order valence-electron chi connectivity index (χ2n) is 9.18. The molecule has 1 fully saturated rings. The molecule has 0 saturated heterocycles. The molecule has 1 saturated carbocycles. The van der Waals surface area contributed by atoms with Gasteiger partial charge in [0.25, 0.3) is 5.91 Å². The molecule has 1 aliphatic rings. The zero-order chi connectivity index (χ0) is 26.1. The standard InChI is InChI=1S/C26H29N9O2/c1-15-4-5-19(25(30-27)32-31-20-6-7-20)12-22(15)29-26(37)21-14-28-35-9-8-18(13-23(21)35)24-16(2)33-34(10-11-36)17(24)3/h4-5,8-9,12-14,20,36H,6-7,10-11,27H2,1-3H3,(H,29,37)/b30-25-,32-31?. The van der Waals surface area contributed by atoms with E-state index >= 15 is 0 Å². The summed E-state index contributed by atoms with van der Waals surface area (Å²) in [5.41, 5.74) is 6.97. The van der Waals surface area contributed by atoms with Crippen LogP contribution in [0, 0.1) is 20.8 Å². The fourth-order valence-electron chi connectivity index (χ4n) is 4.31. The molecule has 1 aromatic carbocycles. The zero-order valence-corrected chi connectivity index (χ0v) is 21.0. The average Bonchev–Trinajstić information content (AvgIpc) is 3.55. The average molecular weight is 500 g/mol. The van der Waals surface area contributed by atoms with Crippen LogP contribution in [0.4, 0.5) is 5.69 Å². The highest BCUT2D eigenvalue weighted by Gasteiger charge is 2.21. The highest BCUT2D eigenvalue weighted by atomic mass is 16.3. The molecule has 4 aromatic rings. The summed E-state index contributed by atoms with van der Waals surface area (Å²) in [4.78, 5) is 13.4. The molecule has 0 aliphatic heterocycles. The number of nitrogens with two attached hydrogens (primary N) is 1. The SMILES string of the molecule is Cc1ccc(/C(N=NC2CC2)=N/N)cc1NC(=O)c1cnn2ccc(-c3c(C)nn(CCO)c3C)cc12. The van der Waals surface area contributed by atoms with E-state index in [1.165, 1.54) is 0 Å². The van der Waals surface area contributed by atoms with E-state index in [4.69, 9.17) is 5.84 Å². The molecule has 11 nitrogen and oxygen atoms in total. The molecule has 0 bridgehead atoms. The van der Waals surface area contributed by atoms with E-state index in [1.54, 1.807) is 21.5 Å². The van der Waals surface area contributed by atoms with Crippen molar-refractivity contribution < 1.29 is 9.90 Å². The lowest BCUT2D eigenvalue weighted by Gasteiger charge is -2.10. The first kappa shape index (κ1) is 24.3. The van der Waals surface area contributed by atoms with Crippen LogP contribution in [0.5, 0.6) is 0 Å². The van der Waals surface area contributed by atoms with Gasteiger partial charge in [0.1, 0.15) is 0 Å². The topological polar surface area (TPSA) is 148 Å². The van der Waals surface area contributed by atoms with Gasteiger partial charge in [-0.15, -0.1) is 5.11 Å². The van der Waals surface area contributed by atoms with Gasteiger partial charge in [0, 0.05) is 28.7 Å². The number of fused-ring (bicyclic) bond motifs is 1. The van der Waals surface area contributed by atoms with Gasteiger partial charge < -0.3 is 16.3 Å². The number of nitrogens with zero attached hydrogens (tertiary/aromatic N) is 7. The summed E-state index contributed by atoms with van der Waals surface area (Å²) in [7, 11) is 0. The van der Waals surface area contributed by atoms with E-state index in [2.05, 4.69) is 30.8 Å². The molecule has 3 heterocycles. The number of aromatic nitrogens is 4. The summed E-state index contributed by atoms with van der Waals surface area (Å²) in [6.45, 7) is 6.25. The third kappa shape index (κ3) is 4.85.